The van der Waals surface area contributed by atoms with E-state index in [1.165, 1.54) is 0 Å². The van der Waals surface area contributed by atoms with Crippen LogP contribution in [0.25, 0.3) is 0 Å². The van der Waals surface area contributed by atoms with Crippen LogP contribution in [0.15, 0.2) is 42.5 Å². The number of rotatable bonds is 4. The predicted molar refractivity (Wildman–Crippen MR) is 90.8 cm³/mol. The van der Waals surface area contributed by atoms with Gasteiger partial charge in [0.05, 0.1) is 12.5 Å². The fourth-order valence-corrected chi connectivity index (χ4v) is 2.28. The first-order chi connectivity index (χ1) is 10.3. The highest BCUT2D eigenvalue weighted by atomic mass is 35.5. The summed E-state index contributed by atoms with van der Waals surface area (Å²) in [5.74, 6) is 0.683. The van der Waals surface area contributed by atoms with Crippen LogP contribution in [0.4, 0.5) is 5.69 Å². The van der Waals surface area contributed by atoms with Gasteiger partial charge in [0.1, 0.15) is 5.75 Å². The van der Waals surface area contributed by atoms with Gasteiger partial charge in [-0.3, -0.25) is 4.79 Å². The van der Waals surface area contributed by atoms with Crippen LogP contribution < -0.4 is 10.1 Å². The van der Waals surface area contributed by atoms with Crippen molar-refractivity contribution in [1.82, 2.24) is 0 Å². The normalized spacial score (nSPS) is 11.1. The molecule has 0 fully saturated rings. The third-order valence-corrected chi connectivity index (χ3v) is 4.22. The van der Waals surface area contributed by atoms with E-state index in [9.17, 15) is 4.79 Å². The van der Waals surface area contributed by atoms with Gasteiger partial charge in [-0.05, 0) is 56.2 Å². The number of halogens is 1. The van der Waals surface area contributed by atoms with E-state index >= 15 is 0 Å². The Balaban J connectivity index is 2.20. The molecule has 0 spiro atoms. The van der Waals surface area contributed by atoms with Gasteiger partial charge in [0.25, 0.3) is 0 Å². The molecule has 0 unspecified atom stereocenters. The predicted octanol–water partition coefficient (Wildman–Crippen LogP) is 4.57. The van der Waals surface area contributed by atoms with Gasteiger partial charge in [-0.1, -0.05) is 29.8 Å². The van der Waals surface area contributed by atoms with Crippen LogP contribution >= 0.6 is 11.6 Å². The van der Waals surface area contributed by atoms with E-state index in [-0.39, 0.29) is 5.91 Å². The van der Waals surface area contributed by atoms with Gasteiger partial charge in [-0.15, -0.1) is 0 Å². The molecule has 1 amide bonds. The number of ether oxygens (including phenoxy) is 1. The molecular weight excluding hydrogens is 298 g/mol. The minimum Gasteiger partial charge on any atom is -0.497 e. The minimum atomic E-state index is -0.663. The maximum absolute atomic E-state index is 12.6. The number of amides is 1. The lowest BCUT2D eigenvalue weighted by atomic mass is 9.83. The molecule has 0 aromatic heterocycles. The molecule has 2 aromatic carbocycles. The third-order valence-electron chi connectivity index (χ3n) is 3.81. The lowest BCUT2D eigenvalue weighted by Crippen LogP contribution is -2.34. The van der Waals surface area contributed by atoms with Crippen LogP contribution in [-0.4, -0.2) is 13.0 Å². The van der Waals surface area contributed by atoms with Gasteiger partial charge in [0.2, 0.25) is 5.91 Å². The summed E-state index contributed by atoms with van der Waals surface area (Å²) < 4.78 is 5.15. The number of carbonyl (C=O) groups excluding carboxylic acids is 1. The average molecular weight is 318 g/mol. The number of methoxy groups -OCH3 is 1. The molecule has 0 heterocycles. The number of nitrogens with one attached hydrogen (secondary N) is 1. The van der Waals surface area contributed by atoms with E-state index < -0.39 is 5.41 Å². The number of anilines is 1. The maximum atomic E-state index is 12.6. The molecule has 22 heavy (non-hydrogen) atoms. The van der Waals surface area contributed by atoms with E-state index in [4.69, 9.17) is 16.3 Å². The van der Waals surface area contributed by atoms with E-state index in [2.05, 4.69) is 5.32 Å². The molecule has 0 aliphatic rings. The summed E-state index contributed by atoms with van der Waals surface area (Å²) in [6.07, 6.45) is 0. The zero-order valence-electron chi connectivity index (χ0n) is 13.2. The highest BCUT2D eigenvalue weighted by molar-refractivity contribution is 6.31. The summed E-state index contributed by atoms with van der Waals surface area (Å²) >= 11 is 6.10. The Morgan fingerprint density at radius 1 is 1.14 bits per heavy atom. The minimum absolute atomic E-state index is 0.0856. The van der Waals surface area contributed by atoms with Gasteiger partial charge in [-0.2, -0.15) is 0 Å². The van der Waals surface area contributed by atoms with Crippen molar-refractivity contribution in [2.24, 2.45) is 0 Å². The zero-order chi connectivity index (χ0) is 16.3. The van der Waals surface area contributed by atoms with Crippen LogP contribution in [0, 0.1) is 6.92 Å². The summed E-state index contributed by atoms with van der Waals surface area (Å²) in [7, 11) is 1.62. The molecule has 4 heteroatoms. The van der Waals surface area contributed by atoms with Crippen LogP contribution in [0.1, 0.15) is 25.0 Å². The smallest absolute Gasteiger partial charge is 0.234 e. The molecule has 1 N–H and O–H groups in total. The van der Waals surface area contributed by atoms with Crippen molar-refractivity contribution in [2.45, 2.75) is 26.2 Å². The van der Waals surface area contributed by atoms with E-state index in [1.807, 2.05) is 57.2 Å². The number of hydrogen-bond donors (Lipinski definition) is 1. The van der Waals surface area contributed by atoms with Gasteiger partial charge in [0, 0.05) is 10.7 Å². The van der Waals surface area contributed by atoms with Crippen LogP contribution in [0.5, 0.6) is 5.75 Å². The van der Waals surface area contributed by atoms with Crippen LogP contribution in [0.2, 0.25) is 5.02 Å². The molecule has 0 atom stereocenters. The number of benzene rings is 2. The molecule has 2 aromatic rings. The Kier molecular flexibility index (Phi) is 4.77. The second-order valence-electron chi connectivity index (χ2n) is 5.77. The summed E-state index contributed by atoms with van der Waals surface area (Å²) in [5.41, 5.74) is 1.93. The number of hydrogen-bond acceptors (Lipinski definition) is 2. The molecule has 0 saturated heterocycles. The largest absolute Gasteiger partial charge is 0.497 e. The standard InChI is InChI=1S/C18H20ClNO2/c1-12-5-8-14(11-16(12)19)20-17(21)18(2,3)13-6-9-15(22-4)10-7-13/h5-11H,1-4H3,(H,20,21). The molecule has 0 saturated carbocycles. The van der Waals surface area contributed by atoms with Crippen molar-refractivity contribution >= 4 is 23.2 Å². The first kappa shape index (κ1) is 16.4. The fourth-order valence-electron chi connectivity index (χ4n) is 2.10. The van der Waals surface area contributed by atoms with Crippen molar-refractivity contribution in [2.75, 3.05) is 12.4 Å². The second kappa shape index (κ2) is 6.41. The Labute approximate surface area is 136 Å². The summed E-state index contributed by atoms with van der Waals surface area (Å²) in [6, 6.07) is 13.0. The fraction of sp³-hybridized carbons (Fsp3) is 0.278. The Morgan fingerprint density at radius 2 is 1.77 bits per heavy atom. The highest BCUT2D eigenvalue weighted by Gasteiger charge is 2.29. The number of carbonyl (C=O) groups is 1. The van der Waals surface area contributed by atoms with Crippen LogP contribution in [0.3, 0.4) is 0 Å². The van der Waals surface area contributed by atoms with Crippen molar-refractivity contribution in [3.63, 3.8) is 0 Å². The van der Waals surface area contributed by atoms with Crippen molar-refractivity contribution in [1.29, 1.82) is 0 Å². The van der Waals surface area contributed by atoms with Crippen molar-refractivity contribution in [3.8, 4) is 5.75 Å². The van der Waals surface area contributed by atoms with Gasteiger partial charge in [-0.25, -0.2) is 0 Å². The maximum Gasteiger partial charge on any atom is 0.234 e. The van der Waals surface area contributed by atoms with E-state index in [0.29, 0.717) is 10.7 Å². The molecule has 0 aliphatic heterocycles. The van der Waals surface area contributed by atoms with Crippen molar-refractivity contribution < 1.29 is 9.53 Å². The molecule has 116 valence electrons. The Bertz CT molecular complexity index is 678. The van der Waals surface area contributed by atoms with Gasteiger partial charge < -0.3 is 10.1 Å². The number of aryl methyl sites for hydroxylation is 1. The van der Waals surface area contributed by atoms with Gasteiger partial charge >= 0.3 is 0 Å². The van der Waals surface area contributed by atoms with Gasteiger partial charge in [0.15, 0.2) is 0 Å². The SMILES string of the molecule is COc1ccc(C(C)(C)C(=O)Nc2ccc(C)c(Cl)c2)cc1. The molecule has 0 radical (unpaired) electrons. The van der Waals surface area contributed by atoms with E-state index in [0.717, 1.165) is 16.9 Å². The summed E-state index contributed by atoms with van der Waals surface area (Å²) in [6.45, 7) is 5.70. The Morgan fingerprint density at radius 3 is 2.32 bits per heavy atom. The third kappa shape index (κ3) is 3.42. The molecule has 3 nitrogen and oxygen atoms in total. The van der Waals surface area contributed by atoms with Crippen LogP contribution in [-0.2, 0) is 10.2 Å². The summed E-state index contributed by atoms with van der Waals surface area (Å²) in [4.78, 5) is 12.6. The second-order valence-corrected chi connectivity index (χ2v) is 6.18. The Hall–Kier alpha value is -2.00. The highest BCUT2D eigenvalue weighted by Crippen LogP contribution is 2.28. The first-order valence-electron chi connectivity index (χ1n) is 7.06. The van der Waals surface area contributed by atoms with Crippen molar-refractivity contribution in [3.05, 3.63) is 58.6 Å². The lowest BCUT2D eigenvalue weighted by molar-refractivity contribution is -0.120. The zero-order valence-corrected chi connectivity index (χ0v) is 14.0. The topological polar surface area (TPSA) is 38.3 Å². The molecule has 0 bridgehead atoms. The lowest BCUT2D eigenvalue weighted by Gasteiger charge is -2.24. The molecule has 0 aliphatic carbocycles. The summed E-state index contributed by atoms with van der Waals surface area (Å²) in [5, 5.41) is 3.56. The molecule has 2 rings (SSSR count). The molecular formula is C18H20ClNO2. The quantitative estimate of drug-likeness (QED) is 0.896. The monoisotopic (exact) mass is 317 g/mol. The first-order valence-corrected chi connectivity index (χ1v) is 7.44. The van der Waals surface area contributed by atoms with E-state index in [1.54, 1.807) is 13.2 Å². The average Bonchev–Trinajstić information content (AvgIpc) is 2.51.